The molecule has 0 aliphatic rings. The van der Waals surface area contributed by atoms with Gasteiger partial charge in [-0.1, -0.05) is 0 Å². The molecule has 0 atom stereocenters. The minimum Gasteiger partial charge on any atom is -0.481 e. The second-order valence-corrected chi connectivity index (χ2v) is 3.91. The number of aliphatic carboxylic acids is 1. The van der Waals surface area contributed by atoms with Crippen LogP contribution in [0.25, 0.3) is 11.0 Å². The van der Waals surface area contributed by atoms with E-state index in [4.69, 9.17) is 14.3 Å². The number of carbonyl (C=O) groups excluding carboxylic acids is 1. The van der Waals surface area contributed by atoms with E-state index in [1.807, 2.05) is 0 Å². The van der Waals surface area contributed by atoms with E-state index in [9.17, 15) is 14.4 Å². The molecule has 2 aromatic rings. The fraction of sp³-hybridized carbons (Fsp3) is 0.154. The molecule has 1 heterocycles. The number of carbonyl (C=O) groups is 2. The number of rotatable bonds is 3. The van der Waals surface area contributed by atoms with Crippen LogP contribution in [0.5, 0.6) is 5.75 Å². The first-order chi connectivity index (χ1) is 8.95. The van der Waals surface area contributed by atoms with Gasteiger partial charge in [-0.2, -0.15) is 0 Å². The van der Waals surface area contributed by atoms with Crippen molar-refractivity contribution >= 4 is 22.9 Å². The normalized spacial score (nSPS) is 10.4. The molecule has 0 fully saturated rings. The topological polar surface area (TPSA) is 93.8 Å². The molecule has 0 spiro atoms. The SMILES string of the molecule is CC(=O)Oc1ccc2c(CC(=O)O)cc(=O)oc2c1. The van der Waals surface area contributed by atoms with E-state index in [1.54, 1.807) is 6.07 Å². The minimum atomic E-state index is -1.05. The van der Waals surface area contributed by atoms with Crippen molar-refractivity contribution in [2.45, 2.75) is 13.3 Å². The molecule has 0 saturated heterocycles. The number of hydrogen-bond acceptors (Lipinski definition) is 5. The Hall–Kier alpha value is -2.63. The molecule has 1 aromatic carbocycles. The zero-order valence-corrected chi connectivity index (χ0v) is 10.0. The average molecular weight is 262 g/mol. The predicted molar refractivity (Wildman–Crippen MR) is 65.1 cm³/mol. The van der Waals surface area contributed by atoms with Crippen molar-refractivity contribution < 1.29 is 23.8 Å². The van der Waals surface area contributed by atoms with Gasteiger partial charge in [-0.15, -0.1) is 0 Å². The first-order valence-corrected chi connectivity index (χ1v) is 5.42. The molecule has 0 unspecified atom stereocenters. The highest BCUT2D eigenvalue weighted by Crippen LogP contribution is 2.23. The van der Waals surface area contributed by atoms with E-state index in [1.165, 1.54) is 19.1 Å². The Labute approximate surface area is 107 Å². The van der Waals surface area contributed by atoms with Crippen LogP contribution in [0.15, 0.2) is 33.5 Å². The summed E-state index contributed by atoms with van der Waals surface area (Å²) >= 11 is 0. The smallest absolute Gasteiger partial charge is 0.336 e. The molecule has 19 heavy (non-hydrogen) atoms. The zero-order chi connectivity index (χ0) is 14.0. The van der Waals surface area contributed by atoms with Crippen molar-refractivity contribution in [1.29, 1.82) is 0 Å². The molecule has 0 radical (unpaired) electrons. The van der Waals surface area contributed by atoms with Gasteiger partial charge < -0.3 is 14.3 Å². The van der Waals surface area contributed by atoms with Crippen molar-refractivity contribution in [2.24, 2.45) is 0 Å². The van der Waals surface area contributed by atoms with Gasteiger partial charge in [0.1, 0.15) is 11.3 Å². The average Bonchev–Trinajstić information content (AvgIpc) is 2.26. The maximum absolute atomic E-state index is 11.4. The van der Waals surface area contributed by atoms with Crippen molar-refractivity contribution in [2.75, 3.05) is 0 Å². The summed E-state index contributed by atoms with van der Waals surface area (Å²) in [5, 5.41) is 9.29. The quantitative estimate of drug-likeness (QED) is 0.509. The summed E-state index contributed by atoms with van der Waals surface area (Å²) in [5.41, 5.74) is -0.112. The Morgan fingerprint density at radius 1 is 1.32 bits per heavy atom. The van der Waals surface area contributed by atoms with Crippen LogP contribution < -0.4 is 10.4 Å². The fourth-order valence-electron chi connectivity index (χ4n) is 1.75. The van der Waals surface area contributed by atoms with Gasteiger partial charge in [0.05, 0.1) is 6.42 Å². The fourth-order valence-corrected chi connectivity index (χ4v) is 1.75. The van der Waals surface area contributed by atoms with Gasteiger partial charge in [0, 0.05) is 24.4 Å². The first-order valence-electron chi connectivity index (χ1n) is 5.42. The Morgan fingerprint density at radius 3 is 2.68 bits per heavy atom. The highest BCUT2D eigenvalue weighted by atomic mass is 16.5. The molecule has 0 saturated carbocycles. The standard InChI is InChI=1S/C13H10O6/c1-7(14)18-9-2-3-10-8(4-12(15)16)5-13(17)19-11(10)6-9/h2-3,5-6H,4H2,1H3,(H,15,16). The lowest BCUT2D eigenvalue weighted by Gasteiger charge is -2.05. The van der Waals surface area contributed by atoms with Crippen LogP contribution >= 0.6 is 0 Å². The summed E-state index contributed by atoms with van der Waals surface area (Å²) in [7, 11) is 0. The molecule has 0 amide bonds. The second kappa shape index (κ2) is 4.93. The Bertz CT molecular complexity index is 713. The molecule has 1 N–H and O–H groups in total. The maximum Gasteiger partial charge on any atom is 0.336 e. The third-order valence-electron chi connectivity index (χ3n) is 2.40. The number of fused-ring (bicyclic) bond motifs is 1. The van der Waals surface area contributed by atoms with E-state index < -0.39 is 17.6 Å². The summed E-state index contributed by atoms with van der Waals surface area (Å²) < 4.78 is 9.83. The lowest BCUT2D eigenvalue weighted by Crippen LogP contribution is -2.06. The molecule has 6 nitrogen and oxygen atoms in total. The largest absolute Gasteiger partial charge is 0.481 e. The van der Waals surface area contributed by atoms with Gasteiger partial charge in [0.15, 0.2) is 0 Å². The molecule has 0 aliphatic carbocycles. The van der Waals surface area contributed by atoms with Crippen LogP contribution in [-0.2, 0) is 16.0 Å². The molecule has 2 rings (SSSR count). The maximum atomic E-state index is 11.4. The van der Waals surface area contributed by atoms with Crippen molar-refractivity contribution in [1.82, 2.24) is 0 Å². The monoisotopic (exact) mass is 262 g/mol. The van der Waals surface area contributed by atoms with Crippen LogP contribution in [0.2, 0.25) is 0 Å². The molecule has 0 aliphatic heterocycles. The lowest BCUT2D eigenvalue weighted by molar-refractivity contribution is -0.136. The van der Waals surface area contributed by atoms with Gasteiger partial charge in [-0.05, 0) is 17.7 Å². The first kappa shape index (κ1) is 12.8. The van der Waals surface area contributed by atoms with Crippen molar-refractivity contribution in [3.8, 4) is 5.75 Å². The molecular weight excluding hydrogens is 252 g/mol. The summed E-state index contributed by atoms with van der Waals surface area (Å²) in [6.07, 6.45) is -0.283. The summed E-state index contributed by atoms with van der Waals surface area (Å²) in [6, 6.07) is 5.58. The van der Waals surface area contributed by atoms with Crippen molar-refractivity contribution in [3.05, 3.63) is 40.2 Å². The van der Waals surface area contributed by atoms with Crippen LogP contribution in [0.4, 0.5) is 0 Å². The van der Waals surface area contributed by atoms with Crippen LogP contribution in [0.1, 0.15) is 12.5 Å². The van der Waals surface area contributed by atoms with Crippen LogP contribution in [0.3, 0.4) is 0 Å². The molecule has 1 aromatic heterocycles. The number of carboxylic acids is 1. The predicted octanol–water partition coefficient (Wildman–Crippen LogP) is 1.35. The summed E-state index contributed by atoms with van der Waals surface area (Å²) in [5.74, 6) is -1.31. The van der Waals surface area contributed by atoms with Gasteiger partial charge in [-0.25, -0.2) is 4.79 Å². The van der Waals surface area contributed by atoms with Crippen LogP contribution in [-0.4, -0.2) is 17.0 Å². The highest BCUT2D eigenvalue weighted by molar-refractivity contribution is 5.86. The number of hydrogen-bond donors (Lipinski definition) is 1. The van der Waals surface area contributed by atoms with E-state index in [0.29, 0.717) is 10.9 Å². The second-order valence-electron chi connectivity index (χ2n) is 3.91. The Kier molecular flexibility index (Phi) is 3.33. The summed E-state index contributed by atoms with van der Waals surface area (Å²) in [6.45, 7) is 1.25. The highest BCUT2D eigenvalue weighted by Gasteiger charge is 2.10. The van der Waals surface area contributed by atoms with Crippen molar-refractivity contribution in [3.63, 3.8) is 0 Å². The Morgan fingerprint density at radius 2 is 2.05 bits per heavy atom. The number of ether oxygens (including phenoxy) is 1. The van der Waals surface area contributed by atoms with E-state index in [0.717, 1.165) is 6.07 Å². The number of esters is 1. The Balaban J connectivity index is 2.57. The molecule has 6 heteroatoms. The van der Waals surface area contributed by atoms with Gasteiger partial charge >= 0.3 is 17.6 Å². The van der Waals surface area contributed by atoms with E-state index in [-0.39, 0.29) is 17.8 Å². The van der Waals surface area contributed by atoms with E-state index >= 15 is 0 Å². The third-order valence-corrected chi connectivity index (χ3v) is 2.40. The van der Waals surface area contributed by atoms with E-state index in [2.05, 4.69) is 0 Å². The number of carboxylic acid groups (broad SMARTS) is 1. The lowest BCUT2D eigenvalue weighted by atomic mass is 10.1. The van der Waals surface area contributed by atoms with Gasteiger partial charge in [0.2, 0.25) is 0 Å². The third kappa shape index (κ3) is 2.98. The molecular formula is C13H10O6. The minimum absolute atomic E-state index is 0.183. The molecule has 98 valence electrons. The van der Waals surface area contributed by atoms with Gasteiger partial charge in [0.25, 0.3) is 0 Å². The van der Waals surface area contributed by atoms with Crippen LogP contribution in [0, 0.1) is 0 Å². The summed E-state index contributed by atoms with van der Waals surface area (Å²) in [4.78, 5) is 32.9. The zero-order valence-electron chi connectivity index (χ0n) is 10.0. The number of benzene rings is 1. The van der Waals surface area contributed by atoms with Gasteiger partial charge in [-0.3, -0.25) is 9.59 Å². The molecule has 0 bridgehead atoms.